The number of aromatic nitrogens is 2. The summed E-state index contributed by atoms with van der Waals surface area (Å²) in [7, 11) is 0. The van der Waals surface area contributed by atoms with Crippen LogP contribution in [-0.4, -0.2) is 16.1 Å². The predicted molar refractivity (Wildman–Crippen MR) is 99.5 cm³/mol. The van der Waals surface area contributed by atoms with E-state index in [2.05, 4.69) is 15.5 Å². The topological polar surface area (TPSA) is 88.0 Å². The van der Waals surface area contributed by atoms with Gasteiger partial charge in [-0.25, -0.2) is 5.10 Å². The van der Waals surface area contributed by atoms with Gasteiger partial charge in [-0.2, -0.15) is 5.10 Å². The van der Waals surface area contributed by atoms with Gasteiger partial charge in [0.25, 0.3) is 11.5 Å². The second kappa shape index (κ2) is 6.50. The van der Waals surface area contributed by atoms with Gasteiger partial charge in [-0.05, 0) is 36.4 Å². The van der Waals surface area contributed by atoms with Crippen LogP contribution in [0.3, 0.4) is 0 Å². The largest absolute Gasteiger partial charge is 0.464 e. The van der Waals surface area contributed by atoms with Crippen LogP contribution in [0, 0.1) is 0 Å². The molecule has 2 aromatic heterocycles. The van der Waals surface area contributed by atoms with E-state index in [0.29, 0.717) is 27.8 Å². The highest BCUT2D eigenvalue weighted by molar-refractivity contribution is 6.34. The fraction of sp³-hybridized carbons (Fsp3) is 0. The molecule has 0 fully saturated rings. The van der Waals surface area contributed by atoms with Crippen molar-refractivity contribution in [3.63, 3.8) is 0 Å². The first-order valence-electron chi connectivity index (χ1n) is 7.75. The van der Waals surface area contributed by atoms with Crippen molar-refractivity contribution < 1.29 is 9.21 Å². The summed E-state index contributed by atoms with van der Waals surface area (Å²) in [5, 5.41) is 9.80. The van der Waals surface area contributed by atoms with E-state index in [0.717, 1.165) is 5.56 Å². The van der Waals surface area contributed by atoms with Crippen molar-refractivity contribution in [3.8, 4) is 11.3 Å². The molecule has 2 aromatic carbocycles. The Bertz CT molecular complexity index is 1170. The molecule has 0 aliphatic rings. The number of H-pyrrole nitrogens is 1. The minimum absolute atomic E-state index is 0.178. The number of fused-ring (bicyclic) bond motifs is 1. The summed E-state index contributed by atoms with van der Waals surface area (Å²) in [4.78, 5) is 24.5. The molecule has 4 rings (SSSR count). The lowest BCUT2D eigenvalue weighted by Crippen LogP contribution is -2.14. The molecular weight excluding hydrogens is 354 g/mol. The van der Waals surface area contributed by atoms with Gasteiger partial charge in [-0.15, -0.1) is 0 Å². The molecule has 0 aliphatic heterocycles. The van der Waals surface area contributed by atoms with Crippen LogP contribution in [0.1, 0.15) is 10.4 Å². The molecule has 1 amide bonds. The summed E-state index contributed by atoms with van der Waals surface area (Å²) in [5.41, 5.74) is 1.40. The molecule has 0 atom stereocenters. The monoisotopic (exact) mass is 365 g/mol. The maximum absolute atomic E-state index is 12.6. The Hall–Kier alpha value is -3.38. The molecule has 2 N–H and O–H groups in total. The van der Waals surface area contributed by atoms with E-state index >= 15 is 0 Å². The van der Waals surface area contributed by atoms with Gasteiger partial charge in [0, 0.05) is 22.2 Å². The Balaban J connectivity index is 1.65. The highest BCUT2D eigenvalue weighted by Gasteiger charge is 2.11. The standard InChI is InChI=1S/C19H12ClN3O3/c20-17-14-7-6-12(10-15(14)19(25)23-22-17)18(24)21-13-4-1-3-11(9-13)16-5-2-8-26-16/h1-10H,(H,21,24)(H,23,25). The zero-order valence-electron chi connectivity index (χ0n) is 13.3. The quantitative estimate of drug-likeness (QED) is 0.572. The number of nitrogens with zero attached hydrogens (tertiary/aromatic N) is 1. The number of aromatic amines is 1. The number of anilines is 1. The number of carbonyl (C=O) groups is 1. The number of nitrogens with one attached hydrogen (secondary N) is 2. The maximum Gasteiger partial charge on any atom is 0.272 e. The van der Waals surface area contributed by atoms with Crippen molar-refractivity contribution in [1.29, 1.82) is 0 Å². The van der Waals surface area contributed by atoms with Crippen LogP contribution < -0.4 is 10.9 Å². The molecule has 0 bridgehead atoms. The summed E-state index contributed by atoms with van der Waals surface area (Å²) in [5.74, 6) is 0.372. The van der Waals surface area contributed by atoms with Gasteiger partial charge in [0.05, 0.1) is 11.6 Å². The molecule has 0 radical (unpaired) electrons. The number of furan rings is 1. The Morgan fingerprint density at radius 2 is 1.96 bits per heavy atom. The number of carbonyl (C=O) groups excluding carboxylic acids is 1. The number of rotatable bonds is 3. The van der Waals surface area contributed by atoms with Gasteiger partial charge in [0.2, 0.25) is 0 Å². The van der Waals surface area contributed by atoms with Crippen LogP contribution in [0.15, 0.2) is 70.1 Å². The first kappa shape index (κ1) is 16.1. The van der Waals surface area contributed by atoms with Crippen LogP contribution in [0.4, 0.5) is 5.69 Å². The van der Waals surface area contributed by atoms with Crippen molar-refractivity contribution in [2.24, 2.45) is 0 Å². The van der Waals surface area contributed by atoms with E-state index in [1.165, 1.54) is 6.07 Å². The molecule has 128 valence electrons. The normalized spacial score (nSPS) is 10.8. The van der Waals surface area contributed by atoms with Crippen LogP contribution in [0.5, 0.6) is 0 Å². The molecular formula is C19H12ClN3O3. The molecule has 6 nitrogen and oxygen atoms in total. The Morgan fingerprint density at radius 1 is 1.08 bits per heavy atom. The third-order valence-electron chi connectivity index (χ3n) is 3.93. The van der Waals surface area contributed by atoms with Gasteiger partial charge >= 0.3 is 0 Å². The van der Waals surface area contributed by atoms with Crippen LogP contribution in [-0.2, 0) is 0 Å². The molecule has 0 aliphatic carbocycles. The molecule has 0 saturated heterocycles. The number of hydrogen-bond donors (Lipinski definition) is 2. The van der Waals surface area contributed by atoms with Gasteiger partial charge in [0.1, 0.15) is 5.76 Å². The third kappa shape index (κ3) is 2.98. The Labute approximate surface area is 152 Å². The van der Waals surface area contributed by atoms with Gasteiger partial charge in [-0.3, -0.25) is 9.59 Å². The van der Waals surface area contributed by atoms with Crippen molar-refractivity contribution in [1.82, 2.24) is 10.2 Å². The lowest BCUT2D eigenvalue weighted by Gasteiger charge is -2.07. The van der Waals surface area contributed by atoms with E-state index in [4.69, 9.17) is 16.0 Å². The summed E-state index contributed by atoms with van der Waals surface area (Å²) in [6.45, 7) is 0. The van der Waals surface area contributed by atoms with Crippen molar-refractivity contribution >= 4 is 34.0 Å². The lowest BCUT2D eigenvalue weighted by molar-refractivity contribution is 0.102. The number of halogens is 1. The second-order valence-electron chi connectivity index (χ2n) is 5.62. The summed E-state index contributed by atoms with van der Waals surface area (Å²) >= 11 is 5.97. The minimum Gasteiger partial charge on any atom is -0.464 e. The number of amides is 1. The summed E-state index contributed by atoms with van der Waals surface area (Å²) < 4.78 is 5.37. The molecule has 2 heterocycles. The number of benzene rings is 2. The fourth-order valence-electron chi connectivity index (χ4n) is 2.67. The zero-order chi connectivity index (χ0) is 18.1. The SMILES string of the molecule is O=C(Nc1cccc(-c2ccco2)c1)c1ccc2c(Cl)n[nH]c(=O)c2c1. The zero-order valence-corrected chi connectivity index (χ0v) is 14.1. The van der Waals surface area contributed by atoms with Gasteiger partial charge in [-0.1, -0.05) is 29.8 Å². The second-order valence-corrected chi connectivity index (χ2v) is 5.97. The first-order valence-corrected chi connectivity index (χ1v) is 8.13. The first-order chi connectivity index (χ1) is 12.6. The van der Waals surface area contributed by atoms with Crippen LogP contribution >= 0.6 is 11.6 Å². The van der Waals surface area contributed by atoms with Gasteiger partial charge < -0.3 is 9.73 Å². The van der Waals surface area contributed by atoms with Crippen LogP contribution in [0.2, 0.25) is 5.15 Å². The minimum atomic E-state index is -0.404. The molecule has 4 aromatic rings. The lowest BCUT2D eigenvalue weighted by atomic mass is 10.1. The highest BCUT2D eigenvalue weighted by Crippen LogP contribution is 2.24. The Morgan fingerprint density at radius 3 is 2.77 bits per heavy atom. The molecule has 26 heavy (non-hydrogen) atoms. The van der Waals surface area contributed by atoms with Crippen molar-refractivity contribution in [2.45, 2.75) is 0 Å². The molecule has 7 heteroatoms. The van der Waals surface area contributed by atoms with E-state index < -0.39 is 5.56 Å². The average Bonchev–Trinajstić information content (AvgIpc) is 3.19. The third-order valence-corrected chi connectivity index (χ3v) is 4.22. The van der Waals surface area contributed by atoms with Crippen molar-refractivity contribution in [2.75, 3.05) is 5.32 Å². The smallest absolute Gasteiger partial charge is 0.272 e. The number of hydrogen-bond acceptors (Lipinski definition) is 4. The fourth-order valence-corrected chi connectivity index (χ4v) is 2.88. The Kier molecular flexibility index (Phi) is 4.02. The summed E-state index contributed by atoms with van der Waals surface area (Å²) in [6.07, 6.45) is 1.59. The molecule has 0 unspecified atom stereocenters. The predicted octanol–water partition coefficient (Wildman–Crippen LogP) is 4.09. The van der Waals surface area contributed by atoms with Gasteiger partial charge in [0.15, 0.2) is 5.15 Å². The maximum atomic E-state index is 12.6. The van der Waals surface area contributed by atoms with Crippen LogP contribution in [0.25, 0.3) is 22.1 Å². The van der Waals surface area contributed by atoms with E-state index in [1.807, 2.05) is 24.3 Å². The van der Waals surface area contributed by atoms with E-state index in [1.54, 1.807) is 30.5 Å². The highest BCUT2D eigenvalue weighted by atomic mass is 35.5. The average molecular weight is 366 g/mol. The van der Waals surface area contributed by atoms with E-state index in [9.17, 15) is 9.59 Å². The summed E-state index contributed by atoms with van der Waals surface area (Å²) in [6, 6.07) is 15.6. The molecule has 0 spiro atoms. The molecule has 0 saturated carbocycles. The van der Waals surface area contributed by atoms with E-state index in [-0.39, 0.29) is 11.1 Å². The van der Waals surface area contributed by atoms with Crippen molar-refractivity contribution in [3.05, 3.63) is 81.9 Å².